The van der Waals surface area contributed by atoms with Gasteiger partial charge in [-0.2, -0.15) is 0 Å². The van der Waals surface area contributed by atoms with Gasteiger partial charge in [0.15, 0.2) is 17.3 Å². The van der Waals surface area contributed by atoms with Crippen molar-refractivity contribution in [3.63, 3.8) is 0 Å². The second-order valence-electron chi connectivity index (χ2n) is 5.40. The summed E-state index contributed by atoms with van der Waals surface area (Å²) < 4.78 is 11.1. The summed E-state index contributed by atoms with van der Waals surface area (Å²) in [5.74, 6) is 1.36. The van der Waals surface area contributed by atoms with Crippen molar-refractivity contribution in [2.24, 2.45) is 0 Å². The molecule has 0 unspecified atom stereocenters. The SMILES string of the molecule is O=C(CCC(=O)c1ccc2c(c1)OCCCO2)Nc1ccccn1. The molecule has 1 amide bonds. The summed E-state index contributed by atoms with van der Waals surface area (Å²) in [4.78, 5) is 28.2. The number of nitrogens with one attached hydrogen (secondary N) is 1. The first-order valence-electron chi connectivity index (χ1n) is 7.86. The molecule has 6 nitrogen and oxygen atoms in total. The molecule has 0 saturated carbocycles. The predicted octanol–water partition coefficient (Wildman–Crippen LogP) is 2.84. The Morgan fingerprint density at radius 1 is 1.04 bits per heavy atom. The maximum atomic E-state index is 12.3. The lowest BCUT2D eigenvalue weighted by molar-refractivity contribution is -0.116. The maximum Gasteiger partial charge on any atom is 0.225 e. The van der Waals surface area contributed by atoms with Crippen molar-refractivity contribution in [3.05, 3.63) is 48.2 Å². The second-order valence-corrected chi connectivity index (χ2v) is 5.40. The number of ketones is 1. The Balaban J connectivity index is 1.57. The van der Waals surface area contributed by atoms with Gasteiger partial charge in [-0.05, 0) is 30.3 Å². The average Bonchev–Trinajstić information content (AvgIpc) is 2.85. The first-order valence-corrected chi connectivity index (χ1v) is 7.86. The van der Waals surface area contributed by atoms with Crippen LogP contribution >= 0.6 is 0 Å². The number of hydrogen-bond donors (Lipinski definition) is 1. The van der Waals surface area contributed by atoms with Crippen LogP contribution in [0.5, 0.6) is 11.5 Å². The first kappa shape index (κ1) is 16.0. The van der Waals surface area contributed by atoms with Crippen LogP contribution in [0.3, 0.4) is 0 Å². The minimum absolute atomic E-state index is 0.101. The third kappa shape index (κ3) is 4.10. The maximum absolute atomic E-state index is 12.3. The quantitative estimate of drug-likeness (QED) is 0.855. The number of hydrogen-bond acceptors (Lipinski definition) is 5. The lowest BCUT2D eigenvalue weighted by atomic mass is 10.1. The Hall–Kier alpha value is -2.89. The van der Waals surface area contributed by atoms with Crippen molar-refractivity contribution in [1.29, 1.82) is 0 Å². The molecule has 0 bridgehead atoms. The Labute approximate surface area is 139 Å². The van der Waals surface area contributed by atoms with Crippen LogP contribution in [-0.2, 0) is 4.79 Å². The van der Waals surface area contributed by atoms with Gasteiger partial charge in [-0.25, -0.2) is 4.98 Å². The van der Waals surface area contributed by atoms with Gasteiger partial charge in [0.05, 0.1) is 13.2 Å². The van der Waals surface area contributed by atoms with E-state index < -0.39 is 0 Å². The van der Waals surface area contributed by atoms with Crippen LogP contribution in [-0.4, -0.2) is 29.9 Å². The molecule has 1 aromatic heterocycles. The predicted molar refractivity (Wildman–Crippen MR) is 88.5 cm³/mol. The van der Waals surface area contributed by atoms with Crippen LogP contribution in [0.2, 0.25) is 0 Å². The van der Waals surface area contributed by atoms with E-state index in [9.17, 15) is 9.59 Å². The number of carbonyl (C=O) groups is 2. The molecule has 0 atom stereocenters. The molecule has 1 aliphatic rings. The highest BCUT2D eigenvalue weighted by Crippen LogP contribution is 2.30. The number of Topliss-reactive ketones (excluding diaryl/α,β-unsaturated/α-hetero) is 1. The van der Waals surface area contributed by atoms with E-state index >= 15 is 0 Å². The van der Waals surface area contributed by atoms with Gasteiger partial charge in [-0.15, -0.1) is 0 Å². The number of benzene rings is 1. The van der Waals surface area contributed by atoms with E-state index in [4.69, 9.17) is 9.47 Å². The van der Waals surface area contributed by atoms with Crippen molar-refractivity contribution < 1.29 is 19.1 Å². The largest absolute Gasteiger partial charge is 0.490 e. The van der Waals surface area contributed by atoms with Gasteiger partial charge in [0.25, 0.3) is 0 Å². The summed E-state index contributed by atoms with van der Waals surface area (Å²) >= 11 is 0. The summed E-state index contributed by atoms with van der Waals surface area (Å²) in [6, 6.07) is 10.4. The van der Waals surface area contributed by atoms with E-state index in [1.165, 1.54) is 0 Å². The molecule has 0 spiro atoms. The van der Waals surface area contributed by atoms with E-state index in [0.717, 1.165) is 6.42 Å². The average molecular weight is 326 g/mol. The molecule has 2 aromatic rings. The molecule has 3 rings (SSSR count). The molecule has 1 aromatic carbocycles. The lowest BCUT2D eigenvalue weighted by Gasteiger charge is -2.09. The summed E-state index contributed by atoms with van der Waals surface area (Å²) in [6.07, 6.45) is 2.63. The summed E-state index contributed by atoms with van der Waals surface area (Å²) in [5.41, 5.74) is 0.518. The number of carbonyl (C=O) groups excluding carboxylic acids is 2. The normalized spacial score (nSPS) is 13.0. The van der Waals surface area contributed by atoms with Gasteiger partial charge in [-0.3, -0.25) is 9.59 Å². The number of aromatic nitrogens is 1. The standard InChI is InChI=1S/C18H18N2O4/c21-14(6-8-18(22)20-17-4-1-2-9-19-17)13-5-7-15-16(12-13)24-11-3-10-23-15/h1-2,4-5,7,9,12H,3,6,8,10-11H2,(H,19,20,22). The molecule has 0 radical (unpaired) electrons. The summed E-state index contributed by atoms with van der Waals surface area (Å²) in [6.45, 7) is 1.17. The zero-order chi connectivity index (χ0) is 16.8. The van der Waals surface area contributed by atoms with Crippen LogP contribution in [0.25, 0.3) is 0 Å². The molecular weight excluding hydrogens is 308 g/mol. The minimum atomic E-state index is -0.239. The van der Waals surface area contributed by atoms with Crippen LogP contribution in [0, 0.1) is 0 Å². The molecule has 24 heavy (non-hydrogen) atoms. The smallest absolute Gasteiger partial charge is 0.225 e. The van der Waals surface area contributed by atoms with E-state index in [2.05, 4.69) is 10.3 Å². The number of nitrogens with zero attached hydrogens (tertiary/aromatic N) is 1. The molecule has 0 aliphatic carbocycles. The molecular formula is C18H18N2O4. The van der Waals surface area contributed by atoms with E-state index in [1.54, 1.807) is 42.6 Å². The topological polar surface area (TPSA) is 77.5 Å². The highest BCUT2D eigenvalue weighted by atomic mass is 16.5. The van der Waals surface area contributed by atoms with Crippen molar-refractivity contribution in [2.75, 3.05) is 18.5 Å². The van der Waals surface area contributed by atoms with E-state index in [0.29, 0.717) is 36.1 Å². The second kappa shape index (κ2) is 7.59. The van der Waals surface area contributed by atoms with Crippen molar-refractivity contribution in [2.45, 2.75) is 19.3 Å². The number of amides is 1. The van der Waals surface area contributed by atoms with E-state index in [1.807, 2.05) is 0 Å². The molecule has 0 fully saturated rings. The highest BCUT2D eigenvalue weighted by molar-refractivity contribution is 6.00. The highest BCUT2D eigenvalue weighted by Gasteiger charge is 2.15. The van der Waals surface area contributed by atoms with Crippen molar-refractivity contribution in [3.8, 4) is 11.5 Å². The molecule has 0 saturated heterocycles. The Morgan fingerprint density at radius 3 is 2.67 bits per heavy atom. The van der Waals surface area contributed by atoms with Gasteiger partial charge in [0, 0.05) is 31.0 Å². The Kier molecular flexibility index (Phi) is 5.05. The molecule has 2 heterocycles. The number of rotatable bonds is 5. The number of pyridine rings is 1. The number of anilines is 1. The summed E-state index contributed by atoms with van der Waals surface area (Å²) in [7, 11) is 0. The molecule has 1 aliphatic heterocycles. The van der Waals surface area contributed by atoms with Gasteiger partial charge in [0.1, 0.15) is 5.82 Å². The molecule has 124 valence electrons. The fourth-order valence-corrected chi connectivity index (χ4v) is 2.35. The monoisotopic (exact) mass is 326 g/mol. The fourth-order valence-electron chi connectivity index (χ4n) is 2.35. The fraction of sp³-hybridized carbons (Fsp3) is 0.278. The van der Waals surface area contributed by atoms with Crippen molar-refractivity contribution in [1.82, 2.24) is 4.98 Å². The third-order valence-electron chi connectivity index (χ3n) is 3.58. The lowest BCUT2D eigenvalue weighted by Crippen LogP contribution is -2.14. The first-order chi connectivity index (χ1) is 11.7. The van der Waals surface area contributed by atoms with Crippen LogP contribution in [0.4, 0.5) is 5.82 Å². The van der Waals surface area contributed by atoms with Gasteiger partial charge in [-0.1, -0.05) is 6.07 Å². The number of ether oxygens (including phenoxy) is 2. The van der Waals surface area contributed by atoms with Gasteiger partial charge in [0.2, 0.25) is 5.91 Å². The van der Waals surface area contributed by atoms with Crippen LogP contribution < -0.4 is 14.8 Å². The van der Waals surface area contributed by atoms with Crippen LogP contribution in [0.15, 0.2) is 42.6 Å². The van der Waals surface area contributed by atoms with Crippen molar-refractivity contribution >= 4 is 17.5 Å². The van der Waals surface area contributed by atoms with Gasteiger partial charge < -0.3 is 14.8 Å². The number of fused-ring (bicyclic) bond motifs is 1. The minimum Gasteiger partial charge on any atom is -0.490 e. The summed E-state index contributed by atoms with van der Waals surface area (Å²) in [5, 5.41) is 2.66. The molecule has 6 heteroatoms. The zero-order valence-electron chi connectivity index (χ0n) is 13.2. The zero-order valence-corrected chi connectivity index (χ0v) is 13.2. The van der Waals surface area contributed by atoms with E-state index in [-0.39, 0.29) is 24.5 Å². The third-order valence-corrected chi connectivity index (χ3v) is 3.58. The van der Waals surface area contributed by atoms with Crippen LogP contribution in [0.1, 0.15) is 29.6 Å². The van der Waals surface area contributed by atoms with Gasteiger partial charge >= 0.3 is 0 Å². The Morgan fingerprint density at radius 2 is 1.88 bits per heavy atom. The molecule has 1 N–H and O–H groups in total. The Bertz CT molecular complexity index is 731.